The first kappa shape index (κ1) is 39.2. The van der Waals surface area contributed by atoms with Crippen molar-refractivity contribution in [2.24, 2.45) is 0 Å². The monoisotopic (exact) mass is 651 g/mol. The molecule has 0 spiro atoms. The van der Waals surface area contributed by atoms with Crippen LogP contribution in [0, 0.1) is 0 Å². The number of carbonyl (C=O) groups is 1. The van der Waals surface area contributed by atoms with Gasteiger partial charge in [0, 0.05) is 19.2 Å². The number of rotatable bonds is 10. The molecule has 1 aromatic heterocycles. The first-order valence-electron chi connectivity index (χ1n) is 10.9. The molecule has 3 rings (SSSR count). The molecule has 2 aliphatic rings. The quantitative estimate of drug-likeness (QED) is 0.0912. The van der Waals surface area contributed by atoms with Gasteiger partial charge in [-0.05, 0) is 0 Å². The van der Waals surface area contributed by atoms with E-state index in [9.17, 15) is 58.8 Å². The zero-order valence-electron chi connectivity index (χ0n) is 21.7. The van der Waals surface area contributed by atoms with Crippen LogP contribution in [0.5, 0.6) is 0 Å². The van der Waals surface area contributed by atoms with E-state index < -0.39 is 101 Å². The van der Waals surface area contributed by atoms with Gasteiger partial charge < -0.3 is 54.6 Å². The van der Waals surface area contributed by atoms with E-state index in [1.807, 2.05) is 4.98 Å². The normalized spacial score (nSPS) is 34.4. The van der Waals surface area contributed by atoms with Crippen molar-refractivity contribution in [2.75, 3.05) is 13.2 Å². The van der Waals surface area contributed by atoms with Crippen LogP contribution in [0.1, 0.15) is 13.2 Å². The second-order valence-corrected chi connectivity index (χ2v) is 11.3. The Hall–Kier alpha value is 0.130. The van der Waals surface area contributed by atoms with Crippen molar-refractivity contribution in [1.29, 1.82) is 0 Å². The summed E-state index contributed by atoms with van der Waals surface area (Å²) in [5.74, 6) is -0.829. The molecule has 7 N–H and O–H groups in total. The number of nitrogens with zero attached hydrogens (tertiary/aromatic N) is 1. The summed E-state index contributed by atoms with van der Waals surface area (Å²) in [6.45, 7) is -1.09. The number of aromatic nitrogens is 2. The Kier molecular flexibility index (Phi) is 15.2. The molecule has 0 bridgehead atoms. The predicted molar refractivity (Wildman–Crippen MR) is 116 cm³/mol. The first-order valence-corrected chi connectivity index (χ1v) is 13.9. The molecule has 1 aromatic rings. The summed E-state index contributed by atoms with van der Waals surface area (Å²) < 4.78 is 48.2. The fourth-order valence-electron chi connectivity index (χ4n) is 3.74. The molecule has 41 heavy (non-hydrogen) atoms. The summed E-state index contributed by atoms with van der Waals surface area (Å²) in [5, 5.41) is 51.7. The van der Waals surface area contributed by atoms with Gasteiger partial charge in [0.2, 0.25) is 5.91 Å². The topological polar surface area (TPSA) is 312 Å². The van der Waals surface area contributed by atoms with Gasteiger partial charge in [-0.3, -0.25) is 32.8 Å². The molecular formula is C17H25N3Na2O17P2. The van der Waals surface area contributed by atoms with Crippen LogP contribution in [0.15, 0.2) is 21.9 Å². The second-order valence-electron chi connectivity index (χ2n) is 8.37. The Morgan fingerprint density at radius 2 is 1.66 bits per heavy atom. The molecule has 3 heterocycles. The van der Waals surface area contributed by atoms with Crippen LogP contribution in [0.3, 0.4) is 0 Å². The van der Waals surface area contributed by atoms with E-state index in [1.165, 1.54) is 0 Å². The Morgan fingerprint density at radius 3 is 2.22 bits per heavy atom. The van der Waals surface area contributed by atoms with Gasteiger partial charge in [0.05, 0.1) is 13.2 Å². The number of aromatic amines is 1. The van der Waals surface area contributed by atoms with Gasteiger partial charge in [-0.15, -0.1) is 0 Å². The van der Waals surface area contributed by atoms with Crippen LogP contribution in [-0.2, 0) is 36.8 Å². The number of aliphatic hydroxyl groups is 5. The number of carbonyl (C=O) groups excluding carboxylic acids is 1. The van der Waals surface area contributed by atoms with Crippen LogP contribution >= 0.6 is 15.6 Å². The van der Waals surface area contributed by atoms with E-state index in [1.54, 1.807) is 0 Å². The summed E-state index contributed by atoms with van der Waals surface area (Å²) in [5.41, 5.74) is -1.79. The fourth-order valence-corrected chi connectivity index (χ4v) is 5.83. The number of ether oxygens (including phenoxy) is 2. The Bertz CT molecular complexity index is 1250. The SMILES string of the molecule is CC(=O)NC1C(O)[C@@H](O)C(CO)O[C@@H]1OP(=O)([O-])OP(=O)([O-])OC[C@@H]1O[C@H](n2ccc(=O)[nH]c2=O)C(O)C1O.[Na+].[Na+]. The number of amides is 1. The van der Waals surface area contributed by atoms with Gasteiger partial charge in [-0.1, -0.05) is 0 Å². The molecule has 2 aliphatic heterocycles. The third-order valence-electron chi connectivity index (χ3n) is 5.54. The van der Waals surface area contributed by atoms with Gasteiger partial charge in [0.25, 0.3) is 21.2 Å². The predicted octanol–water partition coefficient (Wildman–Crippen LogP) is -11.9. The zero-order chi connectivity index (χ0) is 29.3. The van der Waals surface area contributed by atoms with Crippen molar-refractivity contribution in [3.8, 4) is 0 Å². The molecule has 0 saturated carbocycles. The van der Waals surface area contributed by atoms with Gasteiger partial charge >= 0.3 is 64.8 Å². The average molecular weight is 651 g/mol. The summed E-state index contributed by atoms with van der Waals surface area (Å²) in [7, 11) is -11.8. The van der Waals surface area contributed by atoms with Crippen LogP contribution in [0.25, 0.3) is 0 Å². The molecule has 24 heteroatoms. The Morgan fingerprint density at radius 1 is 1.05 bits per heavy atom. The van der Waals surface area contributed by atoms with Gasteiger partial charge in [0.15, 0.2) is 12.5 Å². The molecule has 2 saturated heterocycles. The van der Waals surface area contributed by atoms with E-state index in [2.05, 4.69) is 18.7 Å². The smallest absolute Gasteiger partial charge is 0.756 e. The third-order valence-corrected chi connectivity index (χ3v) is 8.07. The molecule has 7 unspecified atom stereocenters. The molecule has 0 aromatic carbocycles. The minimum Gasteiger partial charge on any atom is -0.756 e. The van der Waals surface area contributed by atoms with Gasteiger partial charge in [-0.25, -0.2) is 9.11 Å². The van der Waals surface area contributed by atoms with Crippen LogP contribution in [-0.4, -0.2) is 103 Å². The number of hydrogen-bond acceptors (Lipinski definition) is 17. The van der Waals surface area contributed by atoms with Crippen molar-refractivity contribution in [1.82, 2.24) is 14.9 Å². The Labute approximate surface area is 274 Å². The standard InChI is InChI=1S/C17H27N3O17P2.2Na/c1-6(22)18-10-13(26)11(24)7(4-21)35-16(10)36-39(31,32)37-38(29,30)33-5-8-12(25)14(27)15(34-8)20-3-2-9(23)19-17(20)28;;/h2-3,7-8,10-16,21,24-27H,4-5H2,1H3,(H,18,22)(H,29,30)(H,31,32)(H,19,23,28);;/q;2*+1/p-2/t7?,8-,10?,11-,12?,13?,14?,15-,16+;;/m0../s1. The number of nitrogens with one attached hydrogen (secondary N) is 2. The molecule has 0 radical (unpaired) electrons. The number of hydrogen-bond donors (Lipinski definition) is 7. The van der Waals surface area contributed by atoms with Crippen molar-refractivity contribution < 1.29 is 131 Å². The number of phosphoric ester groups is 2. The summed E-state index contributed by atoms with van der Waals surface area (Å²) in [6, 6.07) is -0.844. The van der Waals surface area contributed by atoms with E-state index in [4.69, 9.17) is 9.47 Å². The number of phosphoric acid groups is 2. The molecule has 2 fully saturated rings. The maximum Gasteiger partial charge on any atom is 1.00 e. The van der Waals surface area contributed by atoms with E-state index >= 15 is 0 Å². The largest absolute Gasteiger partial charge is 1.00 e. The second kappa shape index (κ2) is 15.9. The molecule has 0 aliphatic carbocycles. The summed E-state index contributed by atoms with van der Waals surface area (Å²) in [4.78, 5) is 60.9. The van der Waals surface area contributed by atoms with E-state index in [-0.39, 0.29) is 59.1 Å². The zero-order valence-corrected chi connectivity index (χ0v) is 27.5. The van der Waals surface area contributed by atoms with Gasteiger partial charge in [-0.2, -0.15) is 0 Å². The third kappa shape index (κ3) is 10.1. The first-order chi connectivity index (χ1) is 18.0. The van der Waals surface area contributed by atoms with Crippen molar-refractivity contribution in [3.63, 3.8) is 0 Å². The average Bonchev–Trinajstić information content (AvgIpc) is 3.10. The van der Waals surface area contributed by atoms with Crippen LogP contribution < -0.4 is 85.5 Å². The molecule has 20 nitrogen and oxygen atoms in total. The maximum atomic E-state index is 12.3. The number of H-pyrrole nitrogens is 1. The summed E-state index contributed by atoms with van der Waals surface area (Å²) in [6.07, 6.45) is -13.4. The van der Waals surface area contributed by atoms with Crippen LogP contribution in [0.2, 0.25) is 0 Å². The van der Waals surface area contributed by atoms with Crippen molar-refractivity contribution >= 4 is 21.6 Å². The molecular weight excluding hydrogens is 626 g/mol. The minimum atomic E-state index is -5.94. The molecule has 11 atom stereocenters. The summed E-state index contributed by atoms with van der Waals surface area (Å²) >= 11 is 0. The Balaban J connectivity index is 0.00000420. The van der Waals surface area contributed by atoms with E-state index in [0.29, 0.717) is 4.57 Å². The fraction of sp³-hybridized carbons (Fsp3) is 0.706. The van der Waals surface area contributed by atoms with E-state index in [0.717, 1.165) is 19.2 Å². The molecule has 1 amide bonds. The maximum absolute atomic E-state index is 12.3. The number of aliphatic hydroxyl groups excluding tert-OH is 5. The van der Waals surface area contributed by atoms with Crippen molar-refractivity contribution in [2.45, 2.75) is 62.1 Å². The molecule has 222 valence electrons. The van der Waals surface area contributed by atoms with Crippen LogP contribution in [0.4, 0.5) is 0 Å². The van der Waals surface area contributed by atoms with Gasteiger partial charge in [0.1, 0.15) is 42.7 Å². The van der Waals surface area contributed by atoms with Crippen molar-refractivity contribution in [3.05, 3.63) is 33.1 Å². The minimum absolute atomic E-state index is 0.